The molecule has 258 valence electrons. The van der Waals surface area contributed by atoms with Gasteiger partial charge in [0, 0.05) is 10.4 Å². The highest BCUT2D eigenvalue weighted by atomic mass is 32.3. The summed E-state index contributed by atoms with van der Waals surface area (Å²) in [7, 11) is 0. The molecule has 0 aliphatic carbocycles. The van der Waals surface area contributed by atoms with E-state index in [0.717, 1.165) is 32.0 Å². The molecule has 0 unspecified atom stereocenters. The third kappa shape index (κ3) is 7.41. The summed E-state index contributed by atoms with van der Waals surface area (Å²) in [5.74, 6) is 0.428. The van der Waals surface area contributed by atoms with Crippen LogP contribution in [0.2, 0.25) is 0 Å². The average molecular weight is 815 g/mol. The van der Waals surface area contributed by atoms with Crippen LogP contribution in [0, 0.1) is 0 Å². The quantitative estimate of drug-likeness (QED) is 0.145. The fourth-order valence-electron chi connectivity index (χ4n) is 5.55. The van der Waals surface area contributed by atoms with Crippen molar-refractivity contribution in [2.24, 2.45) is 0 Å². The van der Waals surface area contributed by atoms with E-state index in [0.29, 0.717) is 22.6 Å². The summed E-state index contributed by atoms with van der Waals surface area (Å²) >= 11 is 14.4. The Kier molecular flexibility index (Phi) is 11.9. The molecule has 4 aromatic rings. The molecule has 14 heteroatoms. The molecule has 0 atom stereocenters. The maximum absolute atomic E-state index is 12.7. The van der Waals surface area contributed by atoms with E-state index < -0.39 is 11.9 Å². The molecule has 8 aliphatic rings. The number of hydrogen-bond acceptors (Lipinski definition) is 14. The van der Waals surface area contributed by atoms with E-state index in [1.807, 2.05) is 59.2 Å². The maximum atomic E-state index is 12.7. The standard InChI is InChI=1S/C36H30O6S8/c1-43-33-34(44-2)48-31(47-33)27-23-11-9-22-18-26(23)28(32-49-35(45-3)36(46-4)50-32)24-12-10-21(17-25(24)27)39-13-15-41-29(37)19-5-7-20(8-6-19)30(38)42-16-14-40-22/h5-12,17-18H,13-16H2,1-4H3. The van der Waals surface area contributed by atoms with Gasteiger partial charge in [-0.15, -0.1) is 47.0 Å². The SMILES string of the molecule is CSC1=C(SC)SC(=c2c3ccc4cc3c(=C3SC(SC)=C(SC)S3)c3ccc(cc23)OCCOC(=O)c2ccc(cc2)C(=O)OCCO4)S1. The highest BCUT2D eigenvalue weighted by Gasteiger charge is 2.26. The number of hydrogen-bond donors (Lipinski definition) is 0. The Morgan fingerprint density at radius 3 is 1.14 bits per heavy atom. The Morgan fingerprint density at radius 1 is 0.460 bits per heavy atom. The van der Waals surface area contributed by atoms with Crippen molar-refractivity contribution in [2.75, 3.05) is 51.5 Å². The van der Waals surface area contributed by atoms with E-state index in [1.165, 1.54) is 25.4 Å². The number of rotatable bonds is 4. The Labute approximate surface area is 324 Å². The second-order valence-electron chi connectivity index (χ2n) is 10.7. The first-order chi connectivity index (χ1) is 24.4. The van der Waals surface area contributed by atoms with Crippen molar-refractivity contribution in [3.05, 3.63) is 99.2 Å². The van der Waals surface area contributed by atoms with Gasteiger partial charge in [-0.3, -0.25) is 0 Å². The third-order valence-electron chi connectivity index (χ3n) is 7.81. The topological polar surface area (TPSA) is 71.1 Å². The van der Waals surface area contributed by atoms with Gasteiger partial charge in [0.05, 0.1) is 36.5 Å². The molecule has 0 spiro atoms. The molecule has 0 fully saturated rings. The normalized spacial score (nSPS) is 17.4. The molecule has 6 nitrogen and oxygen atoms in total. The highest BCUT2D eigenvalue weighted by molar-refractivity contribution is 8.46. The monoisotopic (exact) mass is 814 g/mol. The first-order valence-corrected chi connectivity index (χ1v) is 23.4. The lowest BCUT2D eigenvalue weighted by Crippen LogP contribution is -2.18. The molecule has 4 aromatic carbocycles. The van der Waals surface area contributed by atoms with E-state index in [-0.39, 0.29) is 26.4 Å². The van der Waals surface area contributed by atoms with E-state index in [1.54, 1.807) is 71.3 Å². The van der Waals surface area contributed by atoms with Gasteiger partial charge in [0.1, 0.15) is 37.9 Å². The molecular formula is C36H30O6S8. The second kappa shape index (κ2) is 16.3. The van der Waals surface area contributed by atoms with Crippen LogP contribution in [0.15, 0.2) is 77.6 Å². The van der Waals surface area contributed by atoms with Crippen molar-refractivity contribution in [3.8, 4) is 11.5 Å². The van der Waals surface area contributed by atoms with Crippen LogP contribution >= 0.6 is 94.1 Å². The summed E-state index contributed by atoms with van der Waals surface area (Å²) in [6.07, 6.45) is 8.51. The number of benzene rings is 4. The van der Waals surface area contributed by atoms with Crippen LogP contribution < -0.4 is 19.9 Å². The lowest BCUT2D eigenvalue weighted by molar-refractivity contribution is 0.0437. The molecule has 8 heterocycles. The maximum Gasteiger partial charge on any atom is 0.338 e. The van der Waals surface area contributed by atoms with E-state index in [9.17, 15) is 9.59 Å². The summed E-state index contributed by atoms with van der Waals surface area (Å²) in [5.41, 5.74) is 0.689. The number of esters is 2. The van der Waals surface area contributed by atoms with Gasteiger partial charge in [-0.1, -0.05) is 47.0 Å². The zero-order chi connectivity index (χ0) is 34.8. The minimum atomic E-state index is -0.486. The van der Waals surface area contributed by atoms with Crippen molar-refractivity contribution in [2.45, 2.75) is 0 Å². The van der Waals surface area contributed by atoms with Gasteiger partial charge >= 0.3 is 11.9 Å². The fraction of sp³-hybridized carbons (Fsp3) is 0.222. The molecule has 0 radical (unpaired) electrons. The zero-order valence-electron chi connectivity index (χ0n) is 27.3. The molecular weight excluding hydrogens is 785 g/mol. The van der Waals surface area contributed by atoms with Crippen molar-refractivity contribution >= 4 is 136 Å². The molecule has 0 saturated heterocycles. The molecule has 8 aliphatic heterocycles. The smallest absolute Gasteiger partial charge is 0.338 e. The third-order valence-corrected chi connectivity index (χ3v) is 18.3. The van der Waals surface area contributed by atoms with Crippen molar-refractivity contribution in [3.63, 3.8) is 0 Å². The van der Waals surface area contributed by atoms with Crippen LogP contribution in [0.25, 0.3) is 30.0 Å². The molecule has 8 bridgehead atoms. The first kappa shape index (κ1) is 36.3. The zero-order valence-corrected chi connectivity index (χ0v) is 33.8. The predicted molar refractivity (Wildman–Crippen MR) is 224 cm³/mol. The van der Waals surface area contributed by atoms with Crippen LogP contribution in [0.4, 0.5) is 0 Å². The van der Waals surface area contributed by atoms with E-state index in [2.05, 4.69) is 49.3 Å². The average Bonchev–Trinajstić information content (AvgIpc) is 3.77. The van der Waals surface area contributed by atoms with Gasteiger partial charge in [0.2, 0.25) is 0 Å². The van der Waals surface area contributed by atoms with Gasteiger partial charge in [0.25, 0.3) is 0 Å². The fourth-order valence-corrected chi connectivity index (χ4v) is 15.8. The Morgan fingerprint density at radius 2 is 0.800 bits per heavy atom. The summed E-state index contributed by atoms with van der Waals surface area (Å²) in [5, 5.41) is 6.75. The van der Waals surface area contributed by atoms with Crippen LogP contribution in [0.1, 0.15) is 20.7 Å². The molecule has 0 saturated carbocycles. The van der Waals surface area contributed by atoms with Crippen LogP contribution in [0.5, 0.6) is 11.5 Å². The Bertz CT molecular complexity index is 2020. The minimum absolute atomic E-state index is 0.0756. The van der Waals surface area contributed by atoms with E-state index in [4.69, 9.17) is 18.9 Å². The van der Waals surface area contributed by atoms with Crippen molar-refractivity contribution in [1.82, 2.24) is 0 Å². The van der Waals surface area contributed by atoms with Crippen molar-refractivity contribution in [1.29, 1.82) is 0 Å². The lowest BCUT2D eigenvalue weighted by Gasteiger charge is -2.15. The van der Waals surface area contributed by atoms with Crippen LogP contribution in [-0.4, -0.2) is 63.4 Å². The number of carbonyl (C=O) groups excluding carboxylic acids is 2. The summed E-state index contributed by atoms with van der Waals surface area (Å²) in [6.45, 7) is 0.529. The minimum Gasteiger partial charge on any atom is -0.490 e. The van der Waals surface area contributed by atoms with Gasteiger partial charge in [-0.25, -0.2) is 9.59 Å². The van der Waals surface area contributed by atoms with E-state index >= 15 is 0 Å². The van der Waals surface area contributed by atoms with Gasteiger partial charge in [0.15, 0.2) is 0 Å². The molecule has 0 amide bonds. The van der Waals surface area contributed by atoms with Crippen LogP contribution in [0.3, 0.4) is 0 Å². The van der Waals surface area contributed by atoms with Gasteiger partial charge < -0.3 is 18.9 Å². The van der Waals surface area contributed by atoms with Gasteiger partial charge in [-0.05, 0) is 107 Å². The first-order valence-electron chi connectivity index (χ1n) is 15.3. The number of thioether (sulfide) groups is 8. The Hall–Kier alpha value is -2.04. The molecule has 0 N–H and O–H groups in total. The Balaban J connectivity index is 1.44. The summed E-state index contributed by atoms with van der Waals surface area (Å²) in [4.78, 5) is 25.5. The summed E-state index contributed by atoms with van der Waals surface area (Å²) in [6, 6.07) is 18.8. The highest BCUT2D eigenvalue weighted by Crippen LogP contribution is 2.58. The largest absolute Gasteiger partial charge is 0.490 e. The molecule has 50 heavy (non-hydrogen) atoms. The second-order valence-corrected chi connectivity index (χ2v) is 19.6. The predicted octanol–water partition coefficient (Wildman–Crippen LogP) is 9.57. The van der Waals surface area contributed by atoms with Gasteiger partial charge in [-0.2, -0.15) is 0 Å². The molecule has 12 rings (SSSR count). The molecule has 0 aromatic heterocycles. The van der Waals surface area contributed by atoms with Crippen molar-refractivity contribution < 1.29 is 28.5 Å². The lowest BCUT2D eigenvalue weighted by atomic mass is 9.98. The summed E-state index contributed by atoms with van der Waals surface area (Å²) < 4.78 is 31.1. The van der Waals surface area contributed by atoms with Crippen LogP contribution in [-0.2, 0) is 9.47 Å². The number of ether oxygens (including phenoxy) is 4. The number of carbonyl (C=O) groups is 2.